The van der Waals surface area contributed by atoms with Crippen LogP contribution >= 0.6 is 11.3 Å². The first-order chi connectivity index (χ1) is 12.0. The summed E-state index contributed by atoms with van der Waals surface area (Å²) in [5.74, 6) is 0.748. The van der Waals surface area contributed by atoms with Crippen molar-refractivity contribution in [3.05, 3.63) is 39.8 Å². The maximum absolute atomic E-state index is 11.4. The number of hydrogen-bond donors (Lipinski definition) is 1. The molecule has 0 saturated carbocycles. The molecule has 8 nitrogen and oxygen atoms in total. The van der Waals surface area contributed by atoms with Crippen LogP contribution in [0.3, 0.4) is 0 Å². The van der Waals surface area contributed by atoms with E-state index in [4.69, 9.17) is 9.47 Å². The van der Waals surface area contributed by atoms with E-state index in [-0.39, 0.29) is 12.5 Å². The number of amides is 3. The number of benzene rings is 1. The van der Waals surface area contributed by atoms with Crippen LogP contribution in [-0.4, -0.2) is 41.8 Å². The highest BCUT2D eigenvalue weighted by Crippen LogP contribution is 2.28. The third-order valence-electron chi connectivity index (χ3n) is 3.35. The Morgan fingerprint density at radius 1 is 1.40 bits per heavy atom. The number of carbonyl (C=O) groups excluding carboxylic acids is 2. The van der Waals surface area contributed by atoms with Crippen LogP contribution in [0.1, 0.15) is 16.3 Å². The average molecular weight is 360 g/mol. The summed E-state index contributed by atoms with van der Waals surface area (Å²) in [6.45, 7) is 2.21. The van der Waals surface area contributed by atoms with E-state index in [1.165, 1.54) is 6.21 Å². The third kappa shape index (κ3) is 4.13. The third-order valence-corrected chi connectivity index (χ3v) is 4.17. The standard InChI is InChI=1S/C16H16N4O4S/c1-10-18-12(9-25-10)8-24-13-4-3-11(5-14(13)23-2)6-17-20-7-15(21)19-16(20)22/h3-6,9H,7-8H2,1-2H3,(H,19,21,22)/b17-6+. The molecule has 9 heteroatoms. The van der Waals surface area contributed by atoms with Gasteiger partial charge in [0.15, 0.2) is 11.5 Å². The smallest absolute Gasteiger partial charge is 0.344 e. The molecule has 3 amide bonds. The Bertz CT molecular complexity index is 833. The van der Waals surface area contributed by atoms with E-state index in [9.17, 15) is 9.59 Å². The number of hydrogen-bond acceptors (Lipinski definition) is 7. The molecule has 0 spiro atoms. The summed E-state index contributed by atoms with van der Waals surface area (Å²) in [6, 6.07) is 4.74. The second-order valence-electron chi connectivity index (χ2n) is 5.21. The van der Waals surface area contributed by atoms with Gasteiger partial charge in [-0.1, -0.05) is 0 Å². The van der Waals surface area contributed by atoms with Gasteiger partial charge in [-0.25, -0.2) is 14.8 Å². The van der Waals surface area contributed by atoms with Crippen LogP contribution in [0.4, 0.5) is 4.79 Å². The van der Waals surface area contributed by atoms with Gasteiger partial charge in [-0.15, -0.1) is 11.3 Å². The maximum atomic E-state index is 11.4. The van der Waals surface area contributed by atoms with Crippen LogP contribution in [0.2, 0.25) is 0 Å². The molecule has 0 unspecified atom stereocenters. The highest BCUT2D eigenvalue weighted by atomic mass is 32.1. The summed E-state index contributed by atoms with van der Waals surface area (Å²) < 4.78 is 11.1. The van der Waals surface area contributed by atoms with Gasteiger partial charge < -0.3 is 9.47 Å². The van der Waals surface area contributed by atoms with Gasteiger partial charge in [0.05, 0.1) is 24.0 Å². The summed E-state index contributed by atoms with van der Waals surface area (Å²) in [5.41, 5.74) is 1.57. The Labute approximate surface area is 148 Å². The molecule has 2 heterocycles. The Hall–Kier alpha value is -2.94. The van der Waals surface area contributed by atoms with Crippen LogP contribution in [0.15, 0.2) is 28.7 Å². The molecule has 0 bridgehead atoms. The summed E-state index contributed by atoms with van der Waals surface area (Å²) in [4.78, 5) is 26.9. The van der Waals surface area contributed by atoms with Crippen LogP contribution in [-0.2, 0) is 11.4 Å². The molecule has 1 aromatic carbocycles. The van der Waals surface area contributed by atoms with Gasteiger partial charge in [-0.3, -0.25) is 10.1 Å². The van der Waals surface area contributed by atoms with Crippen LogP contribution in [0.5, 0.6) is 11.5 Å². The van der Waals surface area contributed by atoms with Gasteiger partial charge in [0, 0.05) is 5.38 Å². The van der Waals surface area contributed by atoms with Crippen LogP contribution in [0, 0.1) is 6.92 Å². The van der Waals surface area contributed by atoms with Gasteiger partial charge in [0.25, 0.3) is 0 Å². The quantitative estimate of drug-likeness (QED) is 0.627. The number of aryl methyl sites for hydroxylation is 1. The lowest BCUT2D eigenvalue weighted by Crippen LogP contribution is -2.24. The molecule has 0 atom stereocenters. The van der Waals surface area contributed by atoms with E-state index in [1.54, 1.807) is 36.6 Å². The van der Waals surface area contributed by atoms with E-state index < -0.39 is 6.03 Å². The Kier molecular flexibility index (Phi) is 4.94. The molecule has 0 aliphatic carbocycles. The minimum absolute atomic E-state index is 0.0826. The predicted octanol–water partition coefficient (Wildman–Crippen LogP) is 1.92. The van der Waals surface area contributed by atoms with Crippen molar-refractivity contribution in [2.45, 2.75) is 13.5 Å². The SMILES string of the molecule is COc1cc(/C=N/N2CC(=O)NC2=O)ccc1OCc1csc(C)n1. The molecule has 0 radical (unpaired) electrons. The van der Waals surface area contributed by atoms with Crippen LogP contribution in [0.25, 0.3) is 0 Å². The van der Waals surface area contributed by atoms with Crippen molar-refractivity contribution >= 4 is 29.5 Å². The van der Waals surface area contributed by atoms with E-state index in [0.29, 0.717) is 23.7 Å². The number of carbonyl (C=O) groups is 2. The molecule has 1 aliphatic heterocycles. The van der Waals surface area contributed by atoms with Crippen molar-refractivity contribution in [2.24, 2.45) is 5.10 Å². The summed E-state index contributed by atoms with van der Waals surface area (Å²) in [6.07, 6.45) is 1.48. The molecule has 1 saturated heterocycles. The first-order valence-corrected chi connectivity index (χ1v) is 8.30. The van der Waals surface area contributed by atoms with Crippen molar-refractivity contribution in [3.8, 4) is 11.5 Å². The number of hydrazone groups is 1. The Balaban J connectivity index is 1.68. The zero-order chi connectivity index (χ0) is 17.8. The fourth-order valence-electron chi connectivity index (χ4n) is 2.17. The number of imide groups is 1. The van der Waals surface area contributed by atoms with E-state index >= 15 is 0 Å². The second-order valence-corrected chi connectivity index (χ2v) is 6.27. The Morgan fingerprint density at radius 3 is 2.88 bits per heavy atom. The molecule has 1 fully saturated rings. The molecular formula is C16H16N4O4S. The van der Waals surface area contributed by atoms with E-state index in [2.05, 4.69) is 15.4 Å². The predicted molar refractivity (Wildman–Crippen MR) is 92.0 cm³/mol. The highest BCUT2D eigenvalue weighted by molar-refractivity contribution is 7.09. The van der Waals surface area contributed by atoms with Gasteiger partial charge in [0.2, 0.25) is 5.91 Å². The summed E-state index contributed by atoms with van der Waals surface area (Å²) in [7, 11) is 1.54. The van der Waals surface area contributed by atoms with Crippen molar-refractivity contribution in [1.82, 2.24) is 15.3 Å². The van der Waals surface area contributed by atoms with Crippen molar-refractivity contribution in [1.29, 1.82) is 0 Å². The zero-order valence-electron chi connectivity index (χ0n) is 13.7. The molecule has 3 rings (SSSR count). The lowest BCUT2D eigenvalue weighted by Gasteiger charge is -2.10. The summed E-state index contributed by atoms with van der Waals surface area (Å²) in [5, 5.41) is 10.1. The van der Waals surface area contributed by atoms with Crippen molar-refractivity contribution < 1.29 is 19.1 Å². The maximum Gasteiger partial charge on any atom is 0.344 e. The zero-order valence-corrected chi connectivity index (χ0v) is 14.5. The first-order valence-electron chi connectivity index (χ1n) is 7.42. The average Bonchev–Trinajstić information content (AvgIpc) is 3.15. The monoisotopic (exact) mass is 360 g/mol. The highest BCUT2D eigenvalue weighted by Gasteiger charge is 2.25. The lowest BCUT2D eigenvalue weighted by atomic mass is 10.2. The lowest BCUT2D eigenvalue weighted by molar-refractivity contribution is -0.118. The van der Waals surface area contributed by atoms with E-state index in [1.807, 2.05) is 12.3 Å². The number of methoxy groups -OCH3 is 1. The number of rotatable bonds is 6. The first kappa shape index (κ1) is 16.9. The minimum atomic E-state index is -0.535. The molecule has 1 aromatic heterocycles. The topological polar surface area (TPSA) is 93.1 Å². The number of thiazole rings is 1. The van der Waals surface area contributed by atoms with Gasteiger partial charge in [-0.2, -0.15) is 5.10 Å². The van der Waals surface area contributed by atoms with Crippen LogP contribution < -0.4 is 14.8 Å². The Morgan fingerprint density at radius 2 is 2.24 bits per heavy atom. The normalized spacial score (nSPS) is 14.2. The molecule has 25 heavy (non-hydrogen) atoms. The van der Waals surface area contributed by atoms with Crippen molar-refractivity contribution in [3.63, 3.8) is 0 Å². The molecular weight excluding hydrogens is 344 g/mol. The summed E-state index contributed by atoms with van der Waals surface area (Å²) >= 11 is 1.57. The number of aromatic nitrogens is 1. The van der Waals surface area contributed by atoms with Gasteiger partial charge in [0.1, 0.15) is 13.2 Å². The molecule has 1 aliphatic rings. The fraction of sp³-hybridized carbons (Fsp3) is 0.250. The minimum Gasteiger partial charge on any atom is -0.493 e. The number of nitrogens with one attached hydrogen (secondary N) is 1. The van der Waals surface area contributed by atoms with E-state index in [0.717, 1.165) is 15.7 Å². The molecule has 1 N–H and O–H groups in total. The molecule has 2 aromatic rings. The molecule has 130 valence electrons. The second kappa shape index (κ2) is 7.31. The number of urea groups is 1. The largest absolute Gasteiger partial charge is 0.493 e. The number of nitrogens with zero attached hydrogens (tertiary/aromatic N) is 3. The van der Waals surface area contributed by atoms with Gasteiger partial charge >= 0.3 is 6.03 Å². The number of ether oxygens (including phenoxy) is 2. The van der Waals surface area contributed by atoms with Crippen molar-refractivity contribution in [2.75, 3.05) is 13.7 Å². The van der Waals surface area contributed by atoms with Gasteiger partial charge in [-0.05, 0) is 30.7 Å². The fourth-order valence-corrected chi connectivity index (χ4v) is 2.77.